The second-order valence-corrected chi connectivity index (χ2v) is 8.40. The predicted octanol–water partition coefficient (Wildman–Crippen LogP) is 5.12. The number of anilines is 1. The lowest BCUT2D eigenvalue weighted by Crippen LogP contribution is -2.42. The fraction of sp³-hybridized carbons (Fsp3) is 0.333. The third-order valence-corrected chi connectivity index (χ3v) is 6.38. The zero-order chi connectivity index (χ0) is 20.0. The summed E-state index contributed by atoms with van der Waals surface area (Å²) in [6, 6.07) is 14.3. The molecule has 0 spiro atoms. The Kier molecular flexibility index (Phi) is 4.47. The highest BCUT2D eigenvalue weighted by molar-refractivity contribution is 6.07. The molecule has 0 radical (unpaired) electrons. The van der Waals surface area contributed by atoms with E-state index >= 15 is 0 Å². The van der Waals surface area contributed by atoms with Gasteiger partial charge in [-0.05, 0) is 49.9 Å². The van der Waals surface area contributed by atoms with Crippen molar-refractivity contribution in [3.8, 4) is 11.1 Å². The zero-order valence-corrected chi connectivity index (χ0v) is 17.0. The molecule has 3 N–H and O–H groups in total. The van der Waals surface area contributed by atoms with E-state index in [1.165, 1.54) is 30.4 Å². The molecule has 3 aromatic heterocycles. The van der Waals surface area contributed by atoms with E-state index in [1.807, 2.05) is 12.3 Å². The zero-order valence-electron chi connectivity index (χ0n) is 17.0. The van der Waals surface area contributed by atoms with Crippen molar-refractivity contribution in [1.29, 1.82) is 0 Å². The Morgan fingerprint density at radius 2 is 1.72 bits per heavy atom. The van der Waals surface area contributed by atoms with Gasteiger partial charge in [0.25, 0.3) is 0 Å². The van der Waals surface area contributed by atoms with Crippen molar-refractivity contribution >= 4 is 27.8 Å². The number of nitrogens with zero attached hydrogens (tertiary/aromatic N) is 3. The minimum absolute atomic E-state index is 0.523. The van der Waals surface area contributed by atoms with E-state index in [4.69, 9.17) is 5.73 Å². The quantitative estimate of drug-likeness (QED) is 0.513. The van der Waals surface area contributed by atoms with Crippen LogP contribution >= 0.6 is 0 Å². The van der Waals surface area contributed by atoms with Crippen LogP contribution < -0.4 is 5.73 Å². The maximum Gasteiger partial charge on any atom is 0.138 e. The van der Waals surface area contributed by atoms with E-state index in [1.54, 1.807) is 6.20 Å². The number of likely N-dealkylation sites (tertiary alicyclic amines) is 1. The van der Waals surface area contributed by atoms with Crippen LogP contribution in [0, 0.1) is 0 Å². The lowest BCUT2D eigenvalue weighted by Gasteiger charge is -2.39. The lowest BCUT2D eigenvalue weighted by molar-refractivity contribution is 0.0953. The molecule has 0 saturated carbocycles. The van der Waals surface area contributed by atoms with Crippen LogP contribution in [0.2, 0.25) is 0 Å². The van der Waals surface area contributed by atoms with Gasteiger partial charge in [0.15, 0.2) is 0 Å². The highest BCUT2D eigenvalue weighted by Gasteiger charge is 2.24. The molecular weight excluding hydrogens is 358 g/mol. The van der Waals surface area contributed by atoms with E-state index in [-0.39, 0.29) is 0 Å². The van der Waals surface area contributed by atoms with Crippen molar-refractivity contribution in [2.75, 3.05) is 5.73 Å². The van der Waals surface area contributed by atoms with E-state index in [2.05, 4.69) is 64.0 Å². The summed E-state index contributed by atoms with van der Waals surface area (Å²) in [4.78, 5) is 14.7. The summed E-state index contributed by atoms with van der Waals surface area (Å²) in [7, 11) is 0. The van der Waals surface area contributed by atoms with Crippen LogP contribution in [0.5, 0.6) is 0 Å². The maximum atomic E-state index is 5.89. The molecule has 0 aliphatic carbocycles. The smallest absolute Gasteiger partial charge is 0.138 e. The Morgan fingerprint density at radius 1 is 0.966 bits per heavy atom. The molecule has 1 aliphatic rings. The van der Waals surface area contributed by atoms with Gasteiger partial charge in [0.2, 0.25) is 0 Å². The van der Waals surface area contributed by atoms with Crippen LogP contribution in [0.15, 0.2) is 48.8 Å². The Balaban J connectivity index is 1.44. The number of H-pyrrole nitrogens is 1. The molecule has 1 fully saturated rings. The topological polar surface area (TPSA) is 70.8 Å². The first kappa shape index (κ1) is 18.1. The molecule has 5 rings (SSSR count). The van der Waals surface area contributed by atoms with Gasteiger partial charge in [-0.25, -0.2) is 9.97 Å². The second-order valence-electron chi connectivity index (χ2n) is 8.40. The van der Waals surface area contributed by atoms with Gasteiger partial charge in [-0.15, -0.1) is 0 Å². The summed E-state index contributed by atoms with van der Waals surface area (Å²) < 4.78 is 0. The average Bonchev–Trinajstić information content (AvgIpc) is 3.08. The SMILES string of the molecule is C[C@@H]1CCC[C@H](C)N1Cc1ccc(-c2cnc3[nH]c4cnc(N)cc4c3c2)cc1. The van der Waals surface area contributed by atoms with E-state index in [0.717, 1.165) is 34.0 Å². The molecule has 148 valence electrons. The minimum atomic E-state index is 0.523. The standard InChI is InChI=1S/C24H27N5/c1-15-4-3-5-16(2)29(15)14-17-6-8-18(9-7-17)19-10-21-20-11-23(25)26-13-22(20)28-24(21)27-12-19/h6-13,15-16H,3-5,14H2,1-2H3,(H2,25,26)(H,27,28)/t15-,16+. The number of aromatic amines is 1. The normalized spacial score (nSPS) is 20.5. The summed E-state index contributed by atoms with van der Waals surface area (Å²) in [5, 5.41) is 2.14. The van der Waals surface area contributed by atoms with Crippen molar-refractivity contribution in [2.45, 2.75) is 51.7 Å². The average molecular weight is 386 g/mol. The first-order chi connectivity index (χ1) is 14.1. The van der Waals surface area contributed by atoms with Crippen molar-refractivity contribution in [3.63, 3.8) is 0 Å². The van der Waals surface area contributed by atoms with Crippen LogP contribution in [0.4, 0.5) is 5.82 Å². The number of rotatable bonds is 3. The number of nitrogen functional groups attached to an aromatic ring is 1. The van der Waals surface area contributed by atoms with Crippen molar-refractivity contribution < 1.29 is 0 Å². The minimum Gasteiger partial charge on any atom is -0.384 e. The maximum absolute atomic E-state index is 5.89. The molecule has 0 bridgehead atoms. The third kappa shape index (κ3) is 3.36. The number of nitrogens with one attached hydrogen (secondary N) is 1. The van der Waals surface area contributed by atoms with Crippen LogP contribution in [-0.4, -0.2) is 31.9 Å². The molecule has 29 heavy (non-hydrogen) atoms. The van der Waals surface area contributed by atoms with Gasteiger partial charge in [0.05, 0.1) is 11.7 Å². The van der Waals surface area contributed by atoms with Crippen molar-refractivity contribution in [2.24, 2.45) is 0 Å². The molecule has 0 amide bonds. The summed E-state index contributed by atoms with van der Waals surface area (Å²) >= 11 is 0. The van der Waals surface area contributed by atoms with Gasteiger partial charge in [-0.2, -0.15) is 0 Å². The predicted molar refractivity (Wildman–Crippen MR) is 120 cm³/mol. The first-order valence-electron chi connectivity index (χ1n) is 10.5. The number of fused-ring (bicyclic) bond motifs is 3. The van der Waals surface area contributed by atoms with Gasteiger partial charge >= 0.3 is 0 Å². The fourth-order valence-electron chi connectivity index (χ4n) is 4.65. The van der Waals surface area contributed by atoms with E-state index < -0.39 is 0 Å². The number of nitrogens with two attached hydrogens (primary N) is 1. The third-order valence-electron chi connectivity index (χ3n) is 6.38. The van der Waals surface area contributed by atoms with Crippen molar-refractivity contribution in [3.05, 3.63) is 54.4 Å². The summed E-state index contributed by atoms with van der Waals surface area (Å²) in [6.07, 6.45) is 7.65. The number of hydrogen-bond donors (Lipinski definition) is 2. The van der Waals surface area contributed by atoms with Gasteiger partial charge in [0, 0.05) is 41.2 Å². The Bertz CT molecular complexity index is 1150. The Labute approximate surface area is 171 Å². The molecule has 1 saturated heterocycles. The number of piperidine rings is 1. The molecule has 5 nitrogen and oxygen atoms in total. The molecule has 4 heterocycles. The highest BCUT2D eigenvalue weighted by Crippen LogP contribution is 2.30. The monoisotopic (exact) mass is 385 g/mol. The fourth-order valence-corrected chi connectivity index (χ4v) is 4.65. The summed E-state index contributed by atoms with van der Waals surface area (Å²) in [5.41, 5.74) is 11.4. The lowest BCUT2D eigenvalue weighted by atomic mass is 9.96. The second kappa shape index (κ2) is 7.16. The molecule has 1 aromatic carbocycles. The number of benzene rings is 1. The van der Waals surface area contributed by atoms with Gasteiger partial charge < -0.3 is 10.7 Å². The van der Waals surface area contributed by atoms with Gasteiger partial charge in [-0.1, -0.05) is 30.7 Å². The number of aromatic nitrogens is 3. The van der Waals surface area contributed by atoms with E-state index in [0.29, 0.717) is 17.9 Å². The Hall–Kier alpha value is -2.92. The van der Waals surface area contributed by atoms with Crippen LogP contribution in [0.3, 0.4) is 0 Å². The number of pyridine rings is 2. The van der Waals surface area contributed by atoms with E-state index in [9.17, 15) is 0 Å². The molecule has 1 aliphatic heterocycles. The molecule has 5 heteroatoms. The molecular formula is C24H27N5. The molecule has 0 unspecified atom stereocenters. The van der Waals surface area contributed by atoms with Crippen LogP contribution in [0.25, 0.3) is 33.1 Å². The summed E-state index contributed by atoms with van der Waals surface area (Å²) in [5.74, 6) is 0.523. The van der Waals surface area contributed by atoms with Crippen LogP contribution in [0.1, 0.15) is 38.7 Å². The van der Waals surface area contributed by atoms with Gasteiger partial charge in [-0.3, -0.25) is 4.90 Å². The molecule has 2 atom stereocenters. The molecule has 4 aromatic rings. The first-order valence-corrected chi connectivity index (χ1v) is 10.5. The van der Waals surface area contributed by atoms with Gasteiger partial charge in [0.1, 0.15) is 11.5 Å². The van der Waals surface area contributed by atoms with Crippen molar-refractivity contribution in [1.82, 2.24) is 19.9 Å². The van der Waals surface area contributed by atoms with Crippen LogP contribution in [-0.2, 0) is 6.54 Å². The number of hydrogen-bond acceptors (Lipinski definition) is 4. The highest BCUT2D eigenvalue weighted by atomic mass is 15.2. The summed E-state index contributed by atoms with van der Waals surface area (Å²) in [6.45, 7) is 5.73. The largest absolute Gasteiger partial charge is 0.384 e. The Morgan fingerprint density at radius 3 is 2.48 bits per heavy atom.